The monoisotopic (exact) mass is 465 g/mol. The van der Waals surface area contributed by atoms with E-state index in [0.29, 0.717) is 5.56 Å². The molecule has 0 saturated heterocycles. The molecule has 0 radical (unpaired) electrons. The highest BCUT2D eigenvalue weighted by Gasteiger charge is 2.35. The standard InChI is InChI=1S/C20H15F4N5O2S/c21-12-8-11(4-5-14(12)32-20(22,23)24)16(10-2-3-10)29-19(31)13-9-15(30)28-18(27-13)17-25-6-1-7-26-17/h1,4-10,16H,2-3H2,(H,29,31)(H,27,28,30). The summed E-state index contributed by atoms with van der Waals surface area (Å²) in [6.07, 6.45) is 4.43. The fourth-order valence-corrected chi connectivity index (χ4v) is 3.68. The third kappa shape index (κ3) is 5.31. The lowest BCUT2D eigenvalue weighted by Gasteiger charge is -2.19. The molecule has 12 heteroatoms. The van der Waals surface area contributed by atoms with E-state index in [2.05, 4.69) is 25.3 Å². The molecule has 1 aliphatic carbocycles. The van der Waals surface area contributed by atoms with Crippen molar-refractivity contribution in [3.63, 3.8) is 0 Å². The minimum atomic E-state index is -4.61. The molecule has 0 bridgehead atoms. The summed E-state index contributed by atoms with van der Waals surface area (Å²) < 4.78 is 52.0. The second-order valence-corrected chi connectivity index (χ2v) is 8.18. The number of alkyl halides is 3. The number of thioether (sulfide) groups is 1. The van der Waals surface area contributed by atoms with Crippen LogP contribution in [0.3, 0.4) is 0 Å². The minimum absolute atomic E-state index is 0.00149. The maximum atomic E-state index is 14.3. The highest BCUT2D eigenvalue weighted by atomic mass is 32.2. The third-order valence-electron chi connectivity index (χ3n) is 4.67. The zero-order valence-electron chi connectivity index (χ0n) is 16.2. The second kappa shape index (κ2) is 8.69. The van der Waals surface area contributed by atoms with Gasteiger partial charge in [0, 0.05) is 18.5 Å². The number of amides is 1. The van der Waals surface area contributed by atoms with Gasteiger partial charge in [-0.3, -0.25) is 9.59 Å². The average molecular weight is 465 g/mol. The van der Waals surface area contributed by atoms with Gasteiger partial charge < -0.3 is 10.3 Å². The summed E-state index contributed by atoms with van der Waals surface area (Å²) in [6.45, 7) is 0. The summed E-state index contributed by atoms with van der Waals surface area (Å²) in [6, 6.07) is 5.34. The topological polar surface area (TPSA) is 101 Å². The lowest BCUT2D eigenvalue weighted by Crippen LogP contribution is -2.31. The number of H-pyrrole nitrogens is 1. The summed E-state index contributed by atoms with van der Waals surface area (Å²) in [5.41, 5.74) is -5.05. The number of benzene rings is 1. The number of nitrogens with zero attached hydrogens (tertiary/aromatic N) is 3. The van der Waals surface area contributed by atoms with E-state index < -0.39 is 45.5 Å². The Morgan fingerprint density at radius 3 is 2.53 bits per heavy atom. The van der Waals surface area contributed by atoms with Crippen molar-refractivity contribution in [2.45, 2.75) is 29.3 Å². The van der Waals surface area contributed by atoms with Crippen LogP contribution < -0.4 is 10.9 Å². The van der Waals surface area contributed by atoms with E-state index in [-0.39, 0.29) is 23.3 Å². The first-order chi connectivity index (χ1) is 15.2. The Labute approximate surface area is 182 Å². The predicted octanol–water partition coefficient (Wildman–Crippen LogP) is 3.86. The number of hydrogen-bond donors (Lipinski definition) is 2. The second-order valence-electron chi connectivity index (χ2n) is 7.08. The van der Waals surface area contributed by atoms with Crippen LogP contribution in [-0.4, -0.2) is 31.4 Å². The summed E-state index contributed by atoms with van der Waals surface area (Å²) in [5.74, 6) is -1.58. The van der Waals surface area contributed by atoms with Crippen molar-refractivity contribution in [2.24, 2.45) is 5.92 Å². The number of carbonyl (C=O) groups excluding carboxylic acids is 1. The van der Waals surface area contributed by atoms with E-state index in [1.165, 1.54) is 18.5 Å². The fourth-order valence-electron chi connectivity index (χ4n) is 3.14. The third-order valence-corrected chi connectivity index (χ3v) is 5.46. The Kier molecular flexibility index (Phi) is 5.96. The van der Waals surface area contributed by atoms with Crippen LogP contribution in [-0.2, 0) is 0 Å². The molecule has 2 aromatic heterocycles. The molecule has 1 fully saturated rings. The first-order valence-electron chi connectivity index (χ1n) is 9.44. The molecule has 1 amide bonds. The van der Waals surface area contributed by atoms with Gasteiger partial charge in [-0.15, -0.1) is 0 Å². The molecular formula is C20H15F4N5O2S. The van der Waals surface area contributed by atoms with Crippen molar-refractivity contribution in [1.82, 2.24) is 25.3 Å². The molecule has 0 aliphatic heterocycles. The molecule has 1 aromatic carbocycles. The molecular weight excluding hydrogens is 450 g/mol. The maximum absolute atomic E-state index is 14.3. The fraction of sp³-hybridized carbons (Fsp3) is 0.250. The van der Waals surface area contributed by atoms with Crippen molar-refractivity contribution in [2.75, 3.05) is 0 Å². The smallest absolute Gasteiger partial charge is 0.344 e. The number of aromatic amines is 1. The van der Waals surface area contributed by atoms with Gasteiger partial charge in [0.15, 0.2) is 11.6 Å². The molecule has 4 rings (SSSR count). The van der Waals surface area contributed by atoms with E-state index >= 15 is 0 Å². The van der Waals surface area contributed by atoms with Gasteiger partial charge in [0.05, 0.1) is 10.9 Å². The van der Waals surface area contributed by atoms with Crippen molar-refractivity contribution in [3.05, 3.63) is 70.2 Å². The number of hydrogen-bond acceptors (Lipinski definition) is 6. The van der Waals surface area contributed by atoms with Crippen molar-refractivity contribution in [1.29, 1.82) is 0 Å². The van der Waals surface area contributed by atoms with Gasteiger partial charge in [-0.25, -0.2) is 19.3 Å². The van der Waals surface area contributed by atoms with E-state index in [1.54, 1.807) is 6.07 Å². The van der Waals surface area contributed by atoms with Gasteiger partial charge in [0.25, 0.3) is 11.5 Å². The Morgan fingerprint density at radius 2 is 1.91 bits per heavy atom. The Hall–Kier alpha value is -3.28. The molecule has 2 heterocycles. The zero-order valence-corrected chi connectivity index (χ0v) is 17.0. The van der Waals surface area contributed by atoms with Crippen LogP contribution in [0.4, 0.5) is 17.6 Å². The molecule has 7 nitrogen and oxygen atoms in total. The summed E-state index contributed by atoms with van der Waals surface area (Å²) in [5, 5.41) is 2.72. The molecule has 1 aliphatic rings. The lowest BCUT2D eigenvalue weighted by molar-refractivity contribution is -0.0329. The molecule has 0 spiro atoms. The molecule has 1 unspecified atom stereocenters. The van der Waals surface area contributed by atoms with Crippen LogP contribution in [0, 0.1) is 11.7 Å². The van der Waals surface area contributed by atoms with E-state index in [0.717, 1.165) is 31.0 Å². The maximum Gasteiger partial charge on any atom is 0.446 e. The van der Waals surface area contributed by atoms with Crippen molar-refractivity contribution < 1.29 is 22.4 Å². The minimum Gasteiger partial charge on any atom is -0.344 e. The Morgan fingerprint density at radius 1 is 1.19 bits per heavy atom. The number of rotatable bonds is 6. The van der Waals surface area contributed by atoms with Gasteiger partial charge in [-0.05, 0) is 54.3 Å². The summed E-state index contributed by atoms with van der Waals surface area (Å²) >= 11 is -0.539. The number of halogens is 4. The zero-order chi connectivity index (χ0) is 22.9. The van der Waals surface area contributed by atoms with Gasteiger partial charge in [-0.1, -0.05) is 6.07 Å². The molecule has 1 atom stereocenters. The highest BCUT2D eigenvalue weighted by Crippen LogP contribution is 2.43. The van der Waals surface area contributed by atoms with E-state index in [4.69, 9.17) is 0 Å². The van der Waals surface area contributed by atoms with Crippen LogP contribution in [0.25, 0.3) is 11.6 Å². The molecule has 3 aromatic rings. The Balaban J connectivity index is 1.58. The van der Waals surface area contributed by atoms with Crippen molar-refractivity contribution >= 4 is 17.7 Å². The normalized spacial score (nSPS) is 14.8. The van der Waals surface area contributed by atoms with Crippen LogP contribution >= 0.6 is 11.8 Å². The van der Waals surface area contributed by atoms with Gasteiger partial charge >= 0.3 is 5.51 Å². The van der Waals surface area contributed by atoms with E-state index in [9.17, 15) is 27.2 Å². The average Bonchev–Trinajstić information content (AvgIpc) is 3.58. The molecule has 2 N–H and O–H groups in total. The SMILES string of the molecule is O=C(NC(c1ccc(SC(F)(F)F)c(F)c1)C1CC1)c1cc(=O)[nH]c(-c2ncccn2)n1. The largest absolute Gasteiger partial charge is 0.446 e. The quantitative estimate of drug-likeness (QED) is 0.424. The van der Waals surface area contributed by atoms with Gasteiger partial charge in [0.2, 0.25) is 0 Å². The number of carbonyl (C=O) groups is 1. The van der Waals surface area contributed by atoms with Crippen LogP contribution in [0.1, 0.15) is 34.9 Å². The van der Waals surface area contributed by atoms with Crippen molar-refractivity contribution in [3.8, 4) is 11.6 Å². The lowest BCUT2D eigenvalue weighted by atomic mass is 10.0. The molecule has 166 valence electrons. The van der Waals surface area contributed by atoms with Gasteiger partial charge in [0.1, 0.15) is 11.5 Å². The Bertz CT molecular complexity index is 1200. The highest BCUT2D eigenvalue weighted by molar-refractivity contribution is 8.00. The number of aromatic nitrogens is 4. The van der Waals surface area contributed by atoms with Crippen LogP contribution in [0.15, 0.2) is 52.4 Å². The predicted molar refractivity (Wildman–Crippen MR) is 107 cm³/mol. The van der Waals surface area contributed by atoms with E-state index in [1.807, 2.05) is 0 Å². The van der Waals surface area contributed by atoms with Crippen LogP contribution in [0.5, 0.6) is 0 Å². The molecule has 1 saturated carbocycles. The summed E-state index contributed by atoms with van der Waals surface area (Å²) in [4.78, 5) is 38.8. The van der Waals surface area contributed by atoms with Gasteiger partial charge in [-0.2, -0.15) is 13.2 Å². The van der Waals surface area contributed by atoms with Crippen LogP contribution in [0.2, 0.25) is 0 Å². The first kappa shape index (κ1) is 21.9. The first-order valence-corrected chi connectivity index (χ1v) is 10.3. The molecule has 32 heavy (non-hydrogen) atoms. The number of nitrogens with one attached hydrogen (secondary N) is 2. The summed E-state index contributed by atoms with van der Waals surface area (Å²) in [7, 11) is 0.